The van der Waals surface area contributed by atoms with E-state index in [1.807, 2.05) is 33.8 Å². The first-order valence-electron chi connectivity index (χ1n) is 8.46. The number of pyridine rings is 1. The zero-order valence-electron chi connectivity index (χ0n) is 15.0. The molecule has 0 unspecified atom stereocenters. The van der Waals surface area contributed by atoms with E-state index in [9.17, 15) is 9.59 Å². The van der Waals surface area contributed by atoms with Crippen molar-refractivity contribution in [3.8, 4) is 0 Å². The average Bonchev–Trinajstić information content (AvgIpc) is 3.15. The summed E-state index contributed by atoms with van der Waals surface area (Å²) in [5.41, 5.74) is 4.97. The van der Waals surface area contributed by atoms with Crippen molar-refractivity contribution in [3.63, 3.8) is 0 Å². The highest BCUT2D eigenvalue weighted by molar-refractivity contribution is 6.39. The summed E-state index contributed by atoms with van der Waals surface area (Å²) in [6.45, 7) is 8.13. The molecule has 0 aliphatic carbocycles. The summed E-state index contributed by atoms with van der Waals surface area (Å²) in [6.07, 6.45) is 1.71. The zero-order valence-corrected chi connectivity index (χ0v) is 15.0. The van der Waals surface area contributed by atoms with Crippen molar-refractivity contribution < 1.29 is 9.59 Å². The minimum Gasteiger partial charge on any atom is -0.327 e. The van der Waals surface area contributed by atoms with Crippen LogP contribution in [0.1, 0.15) is 47.2 Å². The number of hydrogen-bond acceptors (Lipinski definition) is 4. The molecule has 3 rings (SSSR count). The third-order valence-corrected chi connectivity index (χ3v) is 4.70. The van der Waals surface area contributed by atoms with Crippen LogP contribution in [0, 0.1) is 27.7 Å². The fourth-order valence-electron chi connectivity index (χ4n) is 3.49. The predicted octanol–water partition coefficient (Wildman–Crippen LogP) is 2.34. The number of amides is 2. The number of aromatic amines is 1. The first kappa shape index (κ1) is 17.1. The van der Waals surface area contributed by atoms with Crippen LogP contribution in [0.15, 0.2) is 12.1 Å². The molecule has 0 spiro atoms. The summed E-state index contributed by atoms with van der Waals surface area (Å²) in [7, 11) is 0. The highest BCUT2D eigenvalue weighted by Gasteiger charge is 2.35. The van der Waals surface area contributed by atoms with Gasteiger partial charge in [0.15, 0.2) is 0 Å². The molecule has 7 heteroatoms. The Morgan fingerprint density at radius 1 is 1.20 bits per heavy atom. The molecule has 2 aromatic rings. The van der Waals surface area contributed by atoms with E-state index in [1.165, 1.54) is 0 Å². The Kier molecular flexibility index (Phi) is 4.57. The second kappa shape index (κ2) is 6.66. The summed E-state index contributed by atoms with van der Waals surface area (Å²) in [5.74, 6) is -1.14. The Balaban J connectivity index is 1.78. The van der Waals surface area contributed by atoms with Crippen molar-refractivity contribution in [1.29, 1.82) is 0 Å². The summed E-state index contributed by atoms with van der Waals surface area (Å²) in [5, 5.41) is 9.87. The average molecular weight is 341 g/mol. The first-order valence-corrected chi connectivity index (χ1v) is 8.46. The van der Waals surface area contributed by atoms with Crippen LogP contribution in [-0.4, -0.2) is 38.4 Å². The van der Waals surface area contributed by atoms with Gasteiger partial charge in [-0.15, -0.1) is 0 Å². The van der Waals surface area contributed by atoms with Crippen molar-refractivity contribution in [2.24, 2.45) is 0 Å². The Labute approximate surface area is 146 Å². The third kappa shape index (κ3) is 3.26. The van der Waals surface area contributed by atoms with Gasteiger partial charge in [0.25, 0.3) is 0 Å². The Bertz CT molecular complexity index is 807. The Hall–Kier alpha value is -2.70. The lowest BCUT2D eigenvalue weighted by Gasteiger charge is -2.24. The fourth-order valence-corrected chi connectivity index (χ4v) is 3.49. The number of nitrogens with zero attached hydrogens (tertiary/aromatic N) is 3. The molecule has 132 valence electrons. The van der Waals surface area contributed by atoms with Gasteiger partial charge in [-0.25, -0.2) is 0 Å². The largest absolute Gasteiger partial charge is 0.327 e. The van der Waals surface area contributed by atoms with E-state index < -0.39 is 11.8 Å². The van der Waals surface area contributed by atoms with E-state index in [-0.39, 0.29) is 6.04 Å². The minimum atomic E-state index is -0.626. The van der Waals surface area contributed by atoms with Gasteiger partial charge < -0.3 is 10.2 Å². The second-order valence-corrected chi connectivity index (χ2v) is 6.54. The van der Waals surface area contributed by atoms with E-state index in [2.05, 4.69) is 20.5 Å². The molecular weight excluding hydrogens is 318 g/mol. The van der Waals surface area contributed by atoms with Crippen LogP contribution in [0.5, 0.6) is 0 Å². The van der Waals surface area contributed by atoms with Crippen molar-refractivity contribution >= 4 is 17.5 Å². The number of nitrogens with one attached hydrogen (secondary N) is 2. The topological polar surface area (TPSA) is 91.0 Å². The van der Waals surface area contributed by atoms with Gasteiger partial charge >= 0.3 is 11.8 Å². The summed E-state index contributed by atoms with van der Waals surface area (Å²) >= 11 is 0. The Morgan fingerprint density at radius 2 is 1.96 bits per heavy atom. The molecule has 0 radical (unpaired) electrons. The fraction of sp³-hybridized carbons (Fsp3) is 0.444. The molecule has 0 aromatic carbocycles. The standard InChI is InChI=1S/C18H23N5O2/c1-10-7-8-14(11(2)19-10)20-17(24)18(25)23-9-5-6-15(23)16-12(3)21-22-13(16)4/h7-8,15H,5-6,9H2,1-4H3,(H,20,24)(H,21,22)/t15-/m1/s1. The van der Waals surface area contributed by atoms with Crippen molar-refractivity contribution in [2.45, 2.75) is 46.6 Å². The van der Waals surface area contributed by atoms with E-state index in [0.29, 0.717) is 17.9 Å². The SMILES string of the molecule is Cc1ccc(NC(=O)C(=O)N2CCC[C@@H]2c2c(C)n[nH]c2C)c(C)n1. The molecule has 3 heterocycles. The molecule has 2 N–H and O–H groups in total. The quantitative estimate of drug-likeness (QED) is 0.820. The molecule has 7 nitrogen and oxygen atoms in total. The lowest BCUT2D eigenvalue weighted by molar-refractivity contribution is -0.143. The van der Waals surface area contributed by atoms with E-state index >= 15 is 0 Å². The molecule has 1 atom stereocenters. The lowest BCUT2D eigenvalue weighted by Crippen LogP contribution is -2.39. The number of H-pyrrole nitrogens is 1. The second-order valence-electron chi connectivity index (χ2n) is 6.54. The number of anilines is 1. The number of carbonyl (C=O) groups excluding carboxylic acids is 2. The molecular formula is C18H23N5O2. The molecule has 1 aliphatic heterocycles. The molecule has 25 heavy (non-hydrogen) atoms. The predicted molar refractivity (Wildman–Crippen MR) is 94.1 cm³/mol. The van der Waals surface area contributed by atoms with Crippen LogP contribution in [0.4, 0.5) is 5.69 Å². The van der Waals surface area contributed by atoms with Gasteiger partial charge in [-0.05, 0) is 52.7 Å². The highest BCUT2D eigenvalue weighted by Crippen LogP contribution is 2.34. The maximum absolute atomic E-state index is 12.7. The molecule has 0 saturated carbocycles. The van der Waals surface area contributed by atoms with Gasteiger partial charge in [0.1, 0.15) is 0 Å². The van der Waals surface area contributed by atoms with Gasteiger partial charge in [-0.1, -0.05) is 0 Å². The van der Waals surface area contributed by atoms with Crippen molar-refractivity contribution in [3.05, 3.63) is 40.5 Å². The number of aryl methyl sites for hydroxylation is 4. The van der Waals surface area contributed by atoms with Crippen LogP contribution < -0.4 is 5.32 Å². The van der Waals surface area contributed by atoms with Crippen LogP contribution in [0.2, 0.25) is 0 Å². The van der Waals surface area contributed by atoms with Crippen LogP contribution in [0.25, 0.3) is 0 Å². The van der Waals surface area contributed by atoms with Crippen LogP contribution in [-0.2, 0) is 9.59 Å². The van der Waals surface area contributed by atoms with Crippen LogP contribution >= 0.6 is 0 Å². The van der Waals surface area contributed by atoms with Crippen molar-refractivity contribution in [1.82, 2.24) is 20.1 Å². The normalized spacial score (nSPS) is 17.0. The smallest absolute Gasteiger partial charge is 0.313 e. The molecule has 1 aliphatic rings. The van der Waals surface area contributed by atoms with E-state index in [1.54, 1.807) is 11.0 Å². The number of aromatic nitrogens is 3. The van der Waals surface area contributed by atoms with Gasteiger partial charge in [0, 0.05) is 23.5 Å². The molecule has 1 saturated heterocycles. The van der Waals surface area contributed by atoms with E-state index in [0.717, 1.165) is 35.5 Å². The molecule has 2 amide bonds. The van der Waals surface area contributed by atoms with Crippen molar-refractivity contribution in [2.75, 3.05) is 11.9 Å². The maximum Gasteiger partial charge on any atom is 0.313 e. The summed E-state index contributed by atoms with van der Waals surface area (Å²) in [4.78, 5) is 31.1. The van der Waals surface area contributed by atoms with Crippen LogP contribution in [0.3, 0.4) is 0 Å². The number of hydrogen-bond donors (Lipinski definition) is 2. The molecule has 2 aromatic heterocycles. The zero-order chi connectivity index (χ0) is 18.1. The molecule has 0 bridgehead atoms. The number of rotatable bonds is 2. The first-order chi connectivity index (χ1) is 11.9. The monoisotopic (exact) mass is 341 g/mol. The van der Waals surface area contributed by atoms with Gasteiger partial charge in [-0.2, -0.15) is 5.10 Å². The van der Waals surface area contributed by atoms with E-state index in [4.69, 9.17) is 0 Å². The minimum absolute atomic E-state index is 0.103. The third-order valence-electron chi connectivity index (χ3n) is 4.70. The summed E-state index contributed by atoms with van der Waals surface area (Å²) in [6, 6.07) is 3.48. The van der Waals surface area contributed by atoms with Gasteiger partial charge in [-0.3, -0.25) is 19.7 Å². The number of carbonyl (C=O) groups is 2. The van der Waals surface area contributed by atoms with Gasteiger partial charge in [0.05, 0.1) is 23.1 Å². The summed E-state index contributed by atoms with van der Waals surface area (Å²) < 4.78 is 0. The lowest BCUT2D eigenvalue weighted by atomic mass is 10.0. The highest BCUT2D eigenvalue weighted by atomic mass is 16.2. The Morgan fingerprint density at radius 3 is 2.60 bits per heavy atom. The molecule has 1 fully saturated rings. The maximum atomic E-state index is 12.7. The van der Waals surface area contributed by atoms with Gasteiger partial charge in [0.2, 0.25) is 0 Å². The number of likely N-dealkylation sites (tertiary alicyclic amines) is 1.